The van der Waals surface area contributed by atoms with E-state index in [9.17, 15) is 0 Å². The number of hydrogen-bond donors (Lipinski definition) is 0. The van der Waals surface area contributed by atoms with Crippen molar-refractivity contribution in [2.24, 2.45) is 0 Å². The monoisotopic (exact) mass is 241 g/mol. The fourth-order valence-corrected chi connectivity index (χ4v) is 4.48. The molecule has 1 aromatic carbocycles. The maximum Gasteiger partial charge on any atom is 0.113 e. The third kappa shape index (κ3) is 1.65. The molecule has 0 bridgehead atoms. The summed E-state index contributed by atoms with van der Waals surface area (Å²) in [4.78, 5) is 0. The van der Waals surface area contributed by atoms with Gasteiger partial charge in [0.25, 0.3) is 0 Å². The average molecular weight is 241 g/mol. The number of nitrogens with zero attached hydrogens (tertiary/aromatic N) is 3. The minimum absolute atomic E-state index is 0.966. The van der Waals surface area contributed by atoms with Crippen LogP contribution < -0.4 is 0 Å². The van der Waals surface area contributed by atoms with Gasteiger partial charge in [-0.15, -0.1) is 5.10 Å². The summed E-state index contributed by atoms with van der Waals surface area (Å²) in [5.41, 5.74) is 2.07. The van der Waals surface area contributed by atoms with E-state index in [0.717, 1.165) is 11.0 Å². The van der Waals surface area contributed by atoms with Crippen molar-refractivity contribution < 1.29 is 0 Å². The lowest BCUT2D eigenvalue weighted by Gasteiger charge is -2.26. The molecule has 3 nitrogen and oxygen atoms in total. The molecule has 0 N–H and O–H groups in total. The quantitative estimate of drug-likeness (QED) is 0.718. The fraction of sp³-hybridized carbons (Fsp3) is 0.231. The third-order valence-electron chi connectivity index (χ3n) is 3.29. The Morgan fingerprint density at radius 3 is 2.88 bits per heavy atom. The summed E-state index contributed by atoms with van der Waals surface area (Å²) in [6.45, 7) is 4.75. The van der Waals surface area contributed by atoms with Gasteiger partial charge >= 0.3 is 0 Å². The molecule has 0 unspecified atom stereocenters. The second-order valence-corrected chi connectivity index (χ2v) is 9.75. The highest BCUT2D eigenvalue weighted by atomic mass is 28.3. The first kappa shape index (κ1) is 10.5. The highest BCUT2D eigenvalue weighted by Crippen LogP contribution is 2.29. The molecule has 0 atom stereocenters. The van der Waals surface area contributed by atoms with Gasteiger partial charge in [0, 0.05) is 5.32 Å². The Labute approximate surface area is 101 Å². The van der Waals surface area contributed by atoms with Crippen LogP contribution in [0.5, 0.6) is 0 Å². The van der Waals surface area contributed by atoms with Crippen LogP contribution >= 0.6 is 0 Å². The number of aromatic nitrogens is 3. The van der Waals surface area contributed by atoms with Crippen LogP contribution in [0, 0.1) is 0 Å². The van der Waals surface area contributed by atoms with Gasteiger partial charge in [-0.05, 0) is 24.3 Å². The van der Waals surface area contributed by atoms with Crippen LogP contribution in [-0.2, 0) is 0 Å². The molecule has 1 aliphatic rings. The Balaban J connectivity index is 2.22. The smallest absolute Gasteiger partial charge is 0.113 e. The first-order valence-corrected chi connectivity index (χ1v) is 9.07. The van der Waals surface area contributed by atoms with Crippen molar-refractivity contribution >= 4 is 24.4 Å². The molecule has 0 spiro atoms. The van der Waals surface area contributed by atoms with Crippen LogP contribution in [0.15, 0.2) is 42.5 Å². The Kier molecular flexibility index (Phi) is 2.26. The Hall–Kier alpha value is -1.68. The second kappa shape index (κ2) is 3.67. The van der Waals surface area contributed by atoms with Crippen molar-refractivity contribution in [1.29, 1.82) is 0 Å². The number of rotatable bonds is 1. The van der Waals surface area contributed by atoms with E-state index in [1.807, 2.05) is 22.9 Å². The number of benzene rings is 1. The molecule has 0 aliphatic carbocycles. The molecule has 1 aromatic heterocycles. The molecule has 86 valence electrons. The number of allylic oxidation sites excluding steroid dienone is 3. The van der Waals surface area contributed by atoms with Gasteiger partial charge in [-0.3, -0.25) is 0 Å². The van der Waals surface area contributed by atoms with Crippen LogP contribution in [-0.4, -0.2) is 23.1 Å². The average Bonchev–Trinajstić information content (AvgIpc) is 2.72. The van der Waals surface area contributed by atoms with Crippen molar-refractivity contribution in [2.45, 2.75) is 19.1 Å². The number of hydrogen-bond acceptors (Lipinski definition) is 2. The van der Waals surface area contributed by atoms with E-state index < -0.39 is 8.07 Å². The highest BCUT2D eigenvalue weighted by molar-refractivity contribution is 6.93. The molecule has 2 heterocycles. The van der Waals surface area contributed by atoms with Crippen LogP contribution in [0.2, 0.25) is 19.1 Å². The van der Waals surface area contributed by atoms with Gasteiger partial charge in [0.15, 0.2) is 0 Å². The first-order valence-electron chi connectivity index (χ1n) is 5.87. The molecule has 3 rings (SSSR count). The first-order chi connectivity index (χ1) is 8.18. The molecular weight excluding hydrogens is 226 g/mol. The molecule has 4 heteroatoms. The zero-order chi connectivity index (χ0) is 11.9. The Bertz CT molecular complexity index is 622. The van der Waals surface area contributed by atoms with E-state index in [1.54, 1.807) is 0 Å². The van der Waals surface area contributed by atoms with Gasteiger partial charge in [0.05, 0.1) is 5.52 Å². The van der Waals surface area contributed by atoms with Gasteiger partial charge in [-0.25, -0.2) is 4.68 Å². The van der Waals surface area contributed by atoms with Crippen LogP contribution in [0.3, 0.4) is 0 Å². The van der Waals surface area contributed by atoms with E-state index in [-0.39, 0.29) is 0 Å². The summed E-state index contributed by atoms with van der Waals surface area (Å²) in [7, 11) is -1.41. The normalized spacial score (nSPS) is 18.4. The molecule has 0 fully saturated rings. The Morgan fingerprint density at radius 2 is 2.06 bits per heavy atom. The second-order valence-electron chi connectivity index (χ2n) is 5.06. The summed E-state index contributed by atoms with van der Waals surface area (Å²) in [5.74, 6) is 0. The highest BCUT2D eigenvalue weighted by Gasteiger charge is 2.29. The zero-order valence-corrected chi connectivity index (χ0v) is 11.1. The molecule has 0 radical (unpaired) electrons. The molecule has 17 heavy (non-hydrogen) atoms. The van der Waals surface area contributed by atoms with E-state index >= 15 is 0 Å². The van der Waals surface area contributed by atoms with Gasteiger partial charge < -0.3 is 0 Å². The topological polar surface area (TPSA) is 30.7 Å². The van der Waals surface area contributed by atoms with Crippen LogP contribution in [0.4, 0.5) is 0 Å². The van der Waals surface area contributed by atoms with Crippen molar-refractivity contribution in [3.05, 3.63) is 42.5 Å². The van der Waals surface area contributed by atoms with Gasteiger partial charge in [0.2, 0.25) is 0 Å². The van der Waals surface area contributed by atoms with E-state index in [1.165, 1.54) is 11.4 Å². The SMILES string of the molecule is C[Si]1(C)CC=CC=C1n1nnc2ccccc21. The van der Waals surface area contributed by atoms with Crippen LogP contribution in [0.25, 0.3) is 16.4 Å². The number of fused-ring (bicyclic) bond motifs is 1. The van der Waals surface area contributed by atoms with E-state index in [0.29, 0.717) is 0 Å². The predicted octanol–water partition coefficient (Wildman–Crippen LogP) is 3.09. The lowest BCUT2D eigenvalue weighted by Crippen LogP contribution is -2.32. The van der Waals surface area contributed by atoms with Gasteiger partial charge in [0.1, 0.15) is 13.6 Å². The largest absolute Gasteiger partial charge is 0.221 e. The van der Waals surface area contributed by atoms with E-state index in [4.69, 9.17) is 0 Å². The summed E-state index contributed by atoms with van der Waals surface area (Å²) in [6.07, 6.45) is 6.58. The standard InChI is InChI=1S/C13H15N3Si/c1-17(2)10-6-5-9-13(17)16-12-8-4-3-7-11(12)14-15-16/h3-9H,10H2,1-2H3. The maximum absolute atomic E-state index is 4.31. The Morgan fingerprint density at radius 1 is 1.24 bits per heavy atom. The molecule has 1 aliphatic heterocycles. The molecular formula is C13H15N3Si. The summed E-state index contributed by atoms with van der Waals surface area (Å²) >= 11 is 0. The van der Waals surface area contributed by atoms with Crippen molar-refractivity contribution in [1.82, 2.24) is 15.0 Å². The third-order valence-corrected chi connectivity index (χ3v) is 6.31. The summed E-state index contributed by atoms with van der Waals surface area (Å²) < 4.78 is 2.02. The minimum Gasteiger partial charge on any atom is -0.221 e. The van der Waals surface area contributed by atoms with Gasteiger partial charge in [-0.2, -0.15) is 0 Å². The zero-order valence-electron chi connectivity index (χ0n) is 10.1. The molecule has 0 amide bonds. The fourth-order valence-electron chi connectivity index (χ4n) is 2.26. The molecule has 2 aromatic rings. The van der Waals surface area contributed by atoms with Crippen molar-refractivity contribution in [2.75, 3.05) is 0 Å². The summed E-state index contributed by atoms with van der Waals surface area (Å²) in [6, 6.07) is 9.30. The lowest BCUT2D eigenvalue weighted by atomic mass is 10.3. The summed E-state index contributed by atoms with van der Waals surface area (Å²) in [5, 5.41) is 9.88. The molecule has 0 saturated heterocycles. The van der Waals surface area contributed by atoms with E-state index in [2.05, 4.69) is 47.7 Å². The molecule has 0 saturated carbocycles. The van der Waals surface area contributed by atoms with Crippen molar-refractivity contribution in [3.63, 3.8) is 0 Å². The van der Waals surface area contributed by atoms with Crippen molar-refractivity contribution in [3.8, 4) is 0 Å². The number of para-hydroxylation sites is 1. The predicted molar refractivity (Wildman–Crippen MR) is 73.2 cm³/mol. The maximum atomic E-state index is 4.31. The van der Waals surface area contributed by atoms with Gasteiger partial charge in [-0.1, -0.05) is 42.6 Å². The lowest BCUT2D eigenvalue weighted by molar-refractivity contribution is 0.848. The van der Waals surface area contributed by atoms with Crippen LogP contribution in [0.1, 0.15) is 0 Å². The minimum atomic E-state index is -1.41.